The SMILES string of the molecule is CC(=O)CC(=O)N(C)S(=O)(=O)O. The van der Waals surface area contributed by atoms with E-state index in [1.54, 1.807) is 0 Å². The molecule has 0 aromatic carbocycles. The minimum atomic E-state index is -4.52. The standard InChI is InChI=1S/C5H9NO5S/c1-4(7)3-5(8)6(2)12(9,10)11/h3H2,1-2H3,(H,9,10,11). The molecule has 0 aromatic heterocycles. The van der Waals surface area contributed by atoms with Crippen molar-refractivity contribution in [3.05, 3.63) is 0 Å². The molecular weight excluding hydrogens is 186 g/mol. The van der Waals surface area contributed by atoms with Crippen LogP contribution in [0.1, 0.15) is 13.3 Å². The first-order valence-electron chi connectivity index (χ1n) is 2.98. The van der Waals surface area contributed by atoms with Crippen LogP contribution < -0.4 is 0 Å². The molecule has 0 bridgehead atoms. The minimum Gasteiger partial charge on any atom is -0.299 e. The third-order valence-electron chi connectivity index (χ3n) is 1.10. The van der Waals surface area contributed by atoms with Crippen LogP contribution in [0.3, 0.4) is 0 Å². The number of Topliss-reactive ketones (excluding diaryl/α,β-unsaturated/α-hetero) is 1. The molecule has 70 valence electrons. The van der Waals surface area contributed by atoms with Crippen LogP contribution in [-0.4, -0.2) is 36.0 Å². The molecule has 12 heavy (non-hydrogen) atoms. The Bertz CT molecular complexity index is 293. The number of rotatable bonds is 3. The Morgan fingerprint density at radius 2 is 1.83 bits per heavy atom. The molecule has 0 aliphatic heterocycles. The summed E-state index contributed by atoms with van der Waals surface area (Å²) in [5, 5.41) is 0. The zero-order valence-electron chi connectivity index (χ0n) is 6.64. The summed E-state index contributed by atoms with van der Waals surface area (Å²) in [6.07, 6.45) is -0.531. The zero-order valence-corrected chi connectivity index (χ0v) is 7.46. The molecule has 0 saturated carbocycles. The summed E-state index contributed by atoms with van der Waals surface area (Å²) in [7, 11) is -3.64. The van der Waals surface area contributed by atoms with Crippen LogP contribution in [0.5, 0.6) is 0 Å². The van der Waals surface area contributed by atoms with Crippen molar-refractivity contribution < 1.29 is 22.6 Å². The smallest absolute Gasteiger partial charge is 0.299 e. The van der Waals surface area contributed by atoms with Gasteiger partial charge in [-0.3, -0.25) is 14.1 Å². The van der Waals surface area contributed by atoms with E-state index in [1.165, 1.54) is 0 Å². The monoisotopic (exact) mass is 195 g/mol. The third kappa shape index (κ3) is 3.44. The van der Waals surface area contributed by atoms with Gasteiger partial charge in [-0.15, -0.1) is 0 Å². The maximum atomic E-state index is 10.8. The van der Waals surface area contributed by atoms with Gasteiger partial charge in [-0.2, -0.15) is 8.42 Å². The van der Waals surface area contributed by atoms with Crippen LogP contribution in [0.2, 0.25) is 0 Å². The van der Waals surface area contributed by atoms with E-state index >= 15 is 0 Å². The van der Waals surface area contributed by atoms with E-state index in [9.17, 15) is 18.0 Å². The molecule has 7 heteroatoms. The van der Waals surface area contributed by atoms with Gasteiger partial charge in [0.05, 0.1) is 6.42 Å². The van der Waals surface area contributed by atoms with E-state index in [4.69, 9.17) is 4.55 Å². The third-order valence-corrected chi connectivity index (χ3v) is 1.99. The molecule has 0 saturated heterocycles. The fourth-order valence-electron chi connectivity index (χ4n) is 0.453. The lowest BCUT2D eigenvalue weighted by molar-refractivity contribution is -0.130. The molecule has 0 aliphatic rings. The summed E-state index contributed by atoms with van der Waals surface area (Å²) in [5.74, 6) is -1.42. The van der Waals surface area contributed by atoms with Gasteiger partial charge >= 0.3 is 10.3 Å². The summed E-state index contributed by atoms with van der Waals surface area (Å²) in [6.45, 7) is 1.15. The first-order chi connectivity index (χ1) is 5.25. The lowest BCUT2D eigenvalue weighted by Crippen LogP contribution is -2.33. The molecule has 0 aromatic rings. The van der Waals surface area contributed by atoms with Gasteiger partial charge in [-0.05, 0) is 6.92 Å². The van der Waals surface area contributed by atoms with Gasteiger partial charge in [-0.1, -0.05) is 0 Å². The predicted octanol–water partition coefficient (Wildman–Crippen LogP) is -0.773. The Morgan fingerprint density at radius 1 is 1.42 bits per heavy atom. The van der Waals surface area contributed by atoms with Crippen LogP contribution in [0.15, 0.2) is 0 Å². The Hall–Kier alpha value is -0.950. The van der Waals surface area contributed by atoms with Crippen molar-refractivity contribution in [1.29, 1.82) is 0 Å². The number of hydrogen-bond donors (Lipinski definition) is 1. The second-order valence-electron chi connectivity index (χ2n) is 2.22. The van der Waals surface area contributed by atoms with Crippen LogP contribution in [0.4, 0.5) is 0 Å². The quantitative estimate of drug-likeness (QED) is 0.471. The molecule has 0 fully saturated rings. The highest BCUT2D eigenvalue weighted by Gasteiger charge is 2.20. The minimum absolute atomic E-state index is 0.119. The second kappa shape index (κ2) is 3.63. The van der Waals surface area contributed by atoms with Crippen LogP contribution in [0.25, 0.3) is 0 Å². The maximum Gasteiger partial charge on any atom is 0.361 e. The van der Waals surface area contributed by atoms with Crippen molar-refractivity contribution in [2.45, 2.75) is 13.3 Å². The maximum absolute atomic E-state index is 10.8. The highest BCUT2D eigenvalue weighted by molar-refractivity contribution is 7.83. The molecule has 0 atom stereocenters. The number of nitrogens with zero attached hydrogens (tertiary/aromatic N) is 1. The Morgan fingerprint density at radius 3 is 2.08 bits per heavy atom. The molecule has 0 radical (unpaired) electrons. The first-order valence-corrected chi connectivity index (χ1v) is 4.38. The van der Waals surface area contributed by atoms with Gasteiger partial charge in [0.1, 0.15) is 5.78 Å². The van der Waals surface area contributed by atoms with Crippen LogP contribution in [-0.2, 0) is 19.9 Å². The predicted molar refractivity (Wildman–Crippen MR) is 39.6 cm³/mol. The van der Waals surface area contributed by atoms with Crippen molar-refractivity contribution in [3.8, 4) is 0 Å². The van der Waals surface area contributed by atoms with Crippen molar-refractivity contribution in [2.24, 2.45) is 0 Å². The van der Waals surface area contributed by atoms with Crippen molar-refractivity contribution in [1.82, 2.24) is 4.31 Å². The fraction of sp³-hybridized carbons (Fsp3) is 0.600. The van der Waals surface area contributed by atoms with Crippen LogP contribution >= 0.6 is 0 Å². The molecule has 6 nitrogen and oxygen atoms in total. The van der Waals surface area contributed by atoms with Gasteiger partial charge in [-0.25, -0.2) is 4.31 Å². The largest absolute Gasteiger partial charge is 0.361 e. The number of carbonyl (C=O) groups is 2. The number of amides is 1. The number of hydrogen-bond acceptors (Lipinski definition) is 4. The topological polar surface area (TPSA) is 91.8 Å². The molecule has 1 amide bonds. The lowest BCUT2D eigenvalue weighted by Gasteiger charge is -2.10. The normalized spacial score (nSPS) is 10.9. The van der Waals surface area contributed by atoms with Gasteiger partial charge < -0.3 is 0 Å². The summed E-state index contributed by atoms with van der Waals surface area (Å²) in [6, 6.07) is 0. The van der Waals surface area contributed by atoms with E-state index in [2.05, 4.69) is 0 Å². The Kier molecular flexibility index (Phi) is 3.35. The zero-order chi connectivity index (χ0) is 9.94. The van der Waals surface area contributed by atoms with Gasteiger partial charge in [0.2, 0.25) is 5.91 Å². The summed E-state index contributed by atoms with van der Waals surface area (Å²) < 4.78 is 29.1. The molecule has 0 heterocycles. The molecule has 0 rings (SSSR count). The highest BCUT2D eigenvalue weighted by atomic mass is 32.2. The van der Waals surface area contributed by atoms with Gasteiger partial charge in [0, 0.05) is 7.05 Å². The lowest BCUT2D eigenvalue weighted by atomic mass is 10.3. The van der Waals surface area contributed by atoms with E-state index in [0.29, 0.717) is 0 Å². The average molecular weight is 195 g/mol. The summed E-state index contributed by atoms with van der Waals surface area (Å²) in [4.78, 5) is 21.1. The van der Waals surface area contributed by atoms with Crippen molar-refractivity contribution in [2.75, 3.05) is 7.05 Å². The van der Waals surface area contributed by atoms with E-state index in [-0.39, 0.29) is 4.31 Å². The summed E-state index contributed by atoms with van der Waals surface area (Å²) in [5.41, 5.74) is 0. The summed E-state index contributed by atoms with van der Waals surface area (Å²) >= 11 is 0. The Labute approximate surface area is 70.0 Å². The highest BCUT2D eigenvalue weighted by Crippen LogP contribution is 1.97. The molecular formula is C5H9NO5S. The van der Waals surface area contributed by atoms with E-state index < -0.39 is 28.4 Å². The molecule has 0 unspecified atom stereocenters. The van der Waals surface area contributed by atoms with E-state index in [1.807, 2.05) is 0 Å². The Balaban J connectivity index is 4.42. The molecule has 1 N–H and O–H groups in total. The second-order valence-corrected chi connectivity index (χ2v) is 3.66. The van der Waals surface area contributed by atoms with Crippen molar-refractivity contribution in [3.63, 3.8) is 0 Å². The first kappa shape index (κ1) is 11.1. The molecule has 0 aliphatic carbocycles. The number of ketones is 1. The van der Waals surface area contributed by atoms with Gasteiger partial charge in [0.15, 0.2) is 0 Å². The number of carbonyl (C=O) groups excluding carboxylic acids is 2. The van der Waals surface area contributed by atoms with Crippen LogP contribution in [0, 0.1) is 0 Å². The molecule has 0 spiro atoms. The fourth-order valence-corrected chi connectivity index (χ4v) is 0.775. The average Bonchev–Trinajstić information content (AvgIpc) is 1.82. The van der Waals surface area contributed by atoms with E-state index in [0.717, 1.165) is 14.0 Å². The van der Waals surface area contributed by atoms with Gasteiger partial charge in [0.25, 0.3) is 0 Å². The van der Waals surface area contributed by atoms with Crippen molar-refractivity contribution >= 4 is 22.0 Å².